The molecule has 0 fully saturated rings. The molecule has 2 aromatic carbocycles. The van der Waals surface area contributed by atoms with Crippen molar-refractivity contribution < 1.29 is 29.0 Å². The third-order valence-electron chi connectivity index (χ3n) is 4.14. The Morgan fingerprint density at radius 1 is 0.931 bits per heavy atom. The molecule has 148 valence electrons. The smallest absolute Gasteiger partial charge is 0.357 e. The maximum atomic E-state index is 12.6. The van der Waals surface area contributed by atoms with E-state index in [0.717, 1.165) is 7.11 Å². The molecule has 0 aliphatic heterocycles. The van der Waals surface area contributed by atoms with Gasteiger partial charge in [0.15, 0.2) is 5.69 Å². The number of carbonyl (C=O) groups excluding carboxylic acids is 2. The highest BCUT2D eigenvalue weighted by Crippen LogP contribution is 2.34. The first-order valence-corrected chi connectivity index (χ1v) is 9.07. The van der Waals surface area contributed by atoms with Crippen LogP contribution in [0.15, 0.2) is 53.0 Å². The Balaban J connectivity index is 2.45. The Hall–Kier alpha value is -3.46. The standard InChI is InChI=1S/C20H15BrN2O6/c1-28-19(26)15-16(12-9-6-10-13(21)14(12)18(24)25)22-23(17(15)20(27)29-2)11-7-4-3-5-8-11/h3-10H,1-2H3,(H,24,25). The van der Waals surface area contributed by atoms with E-state index >= 15 is 0 Å². The highest BCUT2D eigenvalue weighted by Gasteiger charge is 2.33. The van der Waals surface area contributed by atoms with E-state index < -0.39 is 17.9 Å². The average molecular weight is 459 g/mol. The molecule has 0 aliphatic rings. The predicted octanol–water partition coefficient (Wildman–Crippen LogP) is 3.57. The topological polar surface area (TPSA) is 108 Å². The Labute approximate surface area is 173 Å². The molecule has 0 atom stereocenters. The maximum absolute atomic E-state index is 12.6. The van der Waals surface area contributed by atoms with Crippen molar-refractivity contribution in [1.82, 2.24) is 9.78 Å². The fourth-order valence-electron chi connectivity index (χ4n) is 2.88. The zero-order valence-electron chi connectivity index (χ0n) is 15.4. The summed E-state index contributed by atoms with van der Waals surface area (Å²) < 4.78 is 11.2. The highest BCUT2D eigenvalue weighted by molar-refractivity contribution is 9.10. The van der Waals surface area contributed by atoms with Gasteiger partial charge < -0.3 is 14.6 Å². The number of esters is 2. The lowest BCUT2D eigenvalue weighted by molar-refractivity contribution is 0.0549. The number of nitrogens with zero attached hydrogens (tertiary/aromatic N) is 2. The van der Waals surface area contributed by atoms with Gasteiger partial charge in [0.05, 0.1) is 25.5 Å². The molecule has 8 nitrogen and oxygen atoms in total. The van der Waals surface area contributed by atoms with Crippen molar-refractivity contribution in [1.29, 1.82) is 0 Å². The van der Waals surface area contributed by atoms with Gasteiger partial charge in [-0.2, -0.15) is 5.10 Å². The second-order valence-electron chi connectivity index (χ2n) is 5.77. The van der Waals surface area contributed by atoms with Gasteiger partial charge in [-0.05, 0) is 34.1 Å². The summed E-state index contributed by atoms with van der Waals surface area (Å²) in [5.74, 6) is -2.89. The first-order valence-electron chi connectivity index (χ1n) is 8.28. The van der Waals surface area contributed by atoms with Crippen molar-refractivity contribution in [2.45, 2.75) is 0 Å². The molecule has 3 rings (SSSR count). The molecule has 1 heterocycles. The monoisotopic (exact) mass is 458 g/mol. The van der Waals surface area contributed by atoms with E-state index in [1.807, 2.05) is 0 Å². The summed E-state index contributed by atoms with van der Waals surface area (Å²) in [6.07, 6.45) is 0. The van der Waals surface area contributed by atoms with E-state index in [1.54, 1.807) is 42.5 Å². The van der Waals surface area contributed by atoms with E-state index in [0.29, 0.717) is 10.2 Å². The number of hydrogen-bond donors (Lipinski definition) is 1. The summed E-state index contributed by atoms with van der Waals surface area (Å²) in [7, 11) is 2.33. The summed E-state index contributed by atoms with van der Waals surface area (Å²) in [6.45, 7) is 0. The highest BCUT2D eigenvalue weighted by atomic mass is 79.9. The number of ether oxygens (including phenoxy) is 2. The zero-order chi connectivity index (χ0) is 21.1. The van der Waals surface area contributed by atoms with Crippen LogP contribution in [0, 0.1) is 0 Å². The third kappa shape index (κ3) is 3.64. The molecular formula is C20H15BrN2O6. The lowest BCUT2D eigenvalue weighted by atomic mass is 10.0. The molecule has 0 spiro atoms. The van der Waals surface area contributed by atoms with Gasteiger partial charge in [-0.1, -0.05) is 30.3 Å². The number of rotatable bonds is 5. The minimum absolute atomic E-state index is 0.0141. The first-order chi connectivity index (χ1) is 13.9. The normalized spacial score (nSPS) is 10.4. The number of hydrogen-bond acceptors (Lipinski definition) is 6. The summed E-state index contributed by atoms with van der Waals surface area (Å²) in [4.78, 5) is 37.0. The Bertz CT molecular complexity index is 1110. The van der Waals surface area contributed by atoms with Gasteiger partial charge in [-0.3, -0.25) is 0 Å². The molecular weight excluding hydrogens is 444 g/mol. The van der Waals surface area contributed by atoms with Crippen LogP contribution >= 0.6 is 15.9 Å². The number of methoxy groups -OCH3 is 2. The Morgan fingerprint density at radius 3 is 2.17 bits per heavy atom. The predicted molar refractivity (Wildman–Crippen MR) is 106 cm³/mol. The fraction of sp³-hybridized carbons (Fsp3) is 0.100. The summed E-state index contributed by atoms with van der Waals surface area (Å²) in [5.41, 5.74) is 0.149. The maximum Gasteiger partial charge on any atom is 0.357 e. The lowest BCUT2D eigenvalue weighted by Gasteiger charge is -2.08. The van der Waals surface area contributed by atoms with Crippen molar-refractivity contribution in [3.05, 3.63) is 69.8 Å². The molecule has 1 N–H and O–H groups in total. The van der Waals surface area contributed by atoms with Gasteiger partial charge in [-0.15, -0.1) is 0 Å². The van der Waals surface area contributed by atoms with Crippen LogP contribution in [0.4, 0.5) is 0 Å². The number of carboxylic acid groups (broad SMARTS) is 1. The first kappa shape index (κ1) is 20.3. The van der Waals surface area contributed by atoms with E-state index in [1.165, 1.54) is 17.9 Å². The molecule has 0 saturated heterocycles. The fourth-order valence-corrected chi connectivity index (χ4v) is 3.42. The second-order valence-corrected chi connectivity index (χ2v) is 6.62. The van der Waals surface area contributed by atoms with Crippen LogP contribution in [0.3, 0.4) is 0 Å². The van der Waals surface area contributed by atoms with Crippen molar-refractivity contribution in [3.63, 3.8) is 0 Å². The molecule has 9 heteroatoms. The summed E-state index contributed by atoms with van der Waals surface area (Å²) in [5, 5.41) is 14.1. The minimum atomic E-state index is -1.22. The van der Waals surface area contributed by atoms with Crippen LogP contribution in [-0.4, -0.2) is 47.0 Å². The number of carboxylic acids is 1. The number of halogens is 1. The number of benzene rings is 2. The molecule has 1 aromatic heterocycles. The van der Waals surface area contributed by atoms with Gasteiger partial charge in [-0.25, -0.2) is 19.1 Å². The van der Waals surface area contributed by atoms with Crippen LogP contribution in [0.2, 0.25) is 0 Å². The van der Waals surface area contributed by atoms with Gasteiger partial charge >= 0.3 is 17.9 Å². The van der Waals surface area contributed by atoms with Gasteiger partial charge in [0.25, 0.3) is 0 Å². The number of aromatic nitrogens is 2. The van der Waals surface area contributed by atoms with Crippen LogP contribution in [0.25, 0.3) is 16.9 Å². The number of carbonyl (C=O) groups is 3. The number of para-hydroxylation sites is 1. The SMILES string of the molecule is COC(=O)c1c(-c2cccc(Br)c2C(=O)O)nn(-c2ccccc2)c1C(=O)OC. The summed E-state index contributed by atoms with van der Waals surface area (Å²) in [6, 6.07) is 13.3. The third-order valence-corrected chi connectivity index (χ3v) is 4.80. The Kier molecular flexibility index (Phi) is 5.79. The van der Waals surface area contributed by atoms with Crippen LogP contribution < -0.4 is 0 Å². The van der Waals surface area contributed by atoms with Crippen LogP contribution in [0.5, 0.6) is 0 Å². The van der Waals surface area contributed by atoms with Crippen molar-refractivity contribution in [3.8, 4) is 16.9 Å². The molecule has 3 aromatic rings. The van der Waals surface area contributed by atoms with Gasteiger partial charge in [0.2, 0.25) is 0 Å². The number of aromatic carboxylic acids is 1. The molecule has 0 bridgehead atoms. The minimum Gasteiger partial charge on any atom is -0.478 e. The molecule has 0 amide bonds. The van der Waals surface area contributed by atoms with Crippen molar-refractivity contribution in [2.24, 2.45) is 0 Å². The van der Waals surface area contributed by atoms with Gasteiger partial charge in [0.1, 0.15) is 11.3 Å². The lowest BCUT2D eigenvalue weighted by Crippen LogP contribution is -2.15. The molecule has 0 unspecified atom stereocenters. The van der Waals surface area contributed by atoms with Crippen LogP contribution in [-0.2, 0) is 9.47 Å². The average Bonchev–Trinajstić information content (AvgIpc) is 3.13. The molecule has 0 saturated carbocycles. The molecule has 29 heavy (non-hydrogen) atoms. The van der Waals surface area contributed by atoms with Crippen molar-refractivity contribution in [2.75, 3.05) is 14.2 Å². The quantitative estimate of drug-likeness (QED) is 0.582. The van der Waals surface area contributed by atoms with Gasteiger partial charge in [0, 0.05) is 10.0 Å². The summed E-state index contributed by atoms with van der Waals surface area (Å²) >= 11 is 3.21. The largest absolute Gasteiger partial charge is 0.478 e. The molecule has 0 radical (unpaired) electrons. The van der Waals surface area contributed by atoms with E-state index in [9.17, 15) is 19.5 Å². The van der Waals surface area contributed by atoms with E-state index in [4.69, 9.17) is 9.47 Å². The van der Waals surface area contributed by atoms with Crippen molar-refractivity contribution >= 4 is 33.8 Å². The second kappa shape index (κ2) is 8.27. The van der Waals surface area contributed by atoms with Crippen LogP contribution in [0.1, 0.15) is 31.2 Å². The zero-order valence-corrected chi connectivity index (χ0v) is 17.0. The van der Waals surface area contributed by atoms with E-state index in [-0.39, 0.29) is 28.1 Å². The van der Waals surface area contributed by atoms with E-state index in [2.05, 4.69) is 21.0 Å². The molecule has 0 aliphatic carbocycles. The Morgan fingerprint density at radius 2 is 1.59 bits per heavy atom.